The van der Waals surface area contributed by atoms with Crippen LogP contribution in [0.1, 0.15) is 57.9 Å². The van der Waals surface area contributed by atoms with E-state index in [0.717, 1.165) is 30.7 Å². The molecule has 1 aliphatic carbocycles. The molecule has 1 aromatic carbocycles. The van der Waals surface area contributed by atoms with Crippen LogP contribution in [-0.2, 0) is 6.54 Å². The molecule has 0 bridgehead atoms. The highest BCUT2D eigenvalue weighted by molar-refractivity contribution is 6.30. The molecule has 0 radical (unpaired) electrons. The summed E-state index contributed by atoms with van der Waals surface area (Å²) in [6.45, 7) is 7.74. The van der Waals surface area contributed by atoms with Gasteiger partial charge >= 0.3 is 0 Å². The van der Waals surface area contributed by atoms with Gasteiger partial charge in [0.2, 0.25) is 0 Å². The van der Waals surface area contributed by atoms with E-state index in [4.69, 9.17) is 11.6 Å². The van der Waals surface area contributed by atoms with Crippen molar-refractivity contribution in [3.63, 3.8) is 0 Å². The number of nitrogens with one attached hydrogen (secondary N) is 1. The molecule has 0 amide bonds. The molecule has 2 nitrogen and oxygen atoms in total. The summed E-state index contributed by atoms with van der Waals surface area (Å²) in [5, 5.41) is 4.48. The van der Waals surface area contributed by atoms with Crippen molar-refractivity contribution in [3.05, 3.63) is 28.8 Å². The van der Waals surface area contributed by atoms with Crippen molar-refractivity contribution in [2.75, 3.05) is 18.0 Å². The Hall–Kier alpha value is -0.730. The molecule has 3 heteroatoms. The Bertz CT molecular complexity index is 421. The minimum Gasteiger partial charge on any atom is -0.371 e. The number of unbranched alkanes of at least 4 members (excludes halogenated alkanes) is 2. The van der Waals surface area contributed by atoms with Gasteiger partial charge in [-0.25, -0.2) is 0 Å². The fraction of sp³-hybridized carbons (Fsp3) is 0.667. The van der Waals surface area contributed by atoms with Gasteiger partial charge in [0.05, 0.1) is 0 Å². The van der Waals surface area contributed by atoms with E-state index in [1.54, 1.807) is 0 Å². The average Bonchev–Trinajstić information content (AvgIpc) is 3.30. The zero-order valence-electron chi connectivity index (χ0n) is 13.5. The molecule has 21 heavy (non-hydrogen) atoms. The third-order valence-corrected chi connectivity index (χ3v) is 4.34. The van der Waals surface area contributed by atoms with E-state index in [9.17, 15) is 0 Å². The predicted octanol–water partition coefficient (Wildman–Crippen LogP) is 5.00. The normalized spacial score (nSPS) is 14.4. The molecule has 2 rings (SSSR count). The molecule has 0 spiro atoms. The molecule has 0 heterocycles. The molecule has 0 aliphatic heterocycles. The predicted molar refractivity (Wildman–Crippen MR) is 93.3 cm³/mol. The quantitative estimate of drug-likeness (QED) is 0.654. The first-order chi connectivity index (χ1) is 10.2. The lowest BCUT2D eigenvalue weighted by Crippen LogP contribution is -2.28. The second-order valence-electron chi connectivity index (χ2n) is 6.12. The lowest BCUT2D eigenvalue weighted by molar-refractivity contribution is 0.659. The van der Waals surface area contributed by atoms with Gasteiger partial charge in [0.1, 0.15) is 0 Å². The zero-order chi connectivity index (χ0) is 15.1. The number of anilines is 1. The molecule has 0 unspecified atom stereocenters. The van der Waals surface area contributed by atoms with Gasteiger partial charge in [0.25, 0.3) is 0 Å². The van der Waals surface area contributed by atoms with Crippen LogP contribution in [0, 0.1) is 0 Å². The van der Waals surface area contributed by atoms with Crippen LogP contribution < -0.4 is 10.2 Å². The second kappa shape index (κ2) is 8.65. The van der Waals surface area contributed by atoms with Gasteiger partial charge in [-0.3, -0.25) is 0 Å². The second-order valence-corrected chi connectivity index (χ2v) is 6.56. The van der Waals surface area contributed by atoms with Gasteiger partial charge in [-0.2, -0.15) is 0 Å². The van der Waals surface area contributed by atoms with E-state index < -0.39 is 0 Å². The number of halogens is 1. The van der Waals surface area contributed by atoms with Crippen LogP contribution in [0.3, 0.4) is 0 Å². The fourth-order valence-electron chi connectivity index (χ4n) is 2.57. The number of hydrogen-bond acceptors (Lipinski definition) is 2. The summed E-state index contributed by atoms with van der Waals surface area (Å²) >= 11 is 6.26. The fourth-order valence-corrected chi connectivity index (χ4v) is 2.74. The van der Waals surface area contributed by atoms with Gasteiger partial charge in [-0.05, 0) is 43.4 Å². The molecule has 1 aliphatic rings. The van der Waals surface area contributed by atoms with Crippen LogP contribution >= 0.6 is 11.6 Å². The van der Waals surface area contributed by atoms with Crippen LogP contribution in [0.4, 0.5) is 5.69 Å². The topological polar surface area (TPSA) is 15.3 Å². The third-order valence-electron chi connectivity index (χ3n) is 4.11. The van der Waals surface area contributed by atoms with Gasteiger partial charge < -0.3 is 10.2 Å². The molecule has 1 N–H and O–H groups in total. The summed E-state index contributed by atoms with van der Waals surface area (Å²) in [5.74, 6) is 0. The molecule has 1 aromatic rings. The van der Waals surface area contributed by atoms with E-state index >= 15 is 0 Å². The minimum atomic E-state index is 0.744. The van der Waals surface area contributed by atoms with E-state index in [0.29, 0.717) is 0 Å². The van der Waals surface area contributed by atoms with E-state index in [1.165, 1.54) is 49.8 Å². The van der Waals surface area contributed by atoms with Crippen molar-refractivity contribution in [2.24, 2.45) is 0 Å². The molecule has 0 saturated heterocycles. The highest BCUT2D eigenvalue weighted by Crippen LogP contribution is 2.27. The van der Waals surface area contributed by atoms with E-state index in [2.05, 4.69) is 36.2 Å². The van der Waals surface area contributed by atoms with Crippen molar-refractivity contribution >= 4 is 17.3 Å². The van der Waals surface area contributed by atoms with Crippen LogP contribution in [-0.4, -0.2) is 19.1 Å². The summed E-state index contributed by atoms with van der Waals surface area (Å²) in [7, 11) is 0. The average molecular weight is 309 g/mol. The van der Waals surface area contributed by atoms with Gasteiger partial charge in [-0.15, -0.1) is 0 Å². The van der Waals surface area contributed by atoms with Crippen molar-refractivity contribution in [1.29, 1.82) is 0 Å². The molecular weight excluding hydrogens is 280 g/mol. The summed E-state index contributed by atoms with van der Waals surface area (Å²) in [4.78, 5) is 2.53. The van der Waals surface area contributed by atoms with Crippen molar-refractivity contribution in [3.8, 4) is 0 Å². The summed E-state index contributed by atoms with van der Waals surface area (Å²) in [5.41, 5.74) is 2.72. The highest BCUT2D eigenvalue weighted by Gasteiger charge is 2.21. The molecule has 0 atom stereocenters. The Morgan fingerprint density at radius 1 is 1.14 bits per heavy atom. The number of benzene rings is 1. The molecule has 0 aromatic heterocycles. The highest BCUT2D eigenvalue weighted by atomic mass is 35.5. The largest absolute Gasteiger partial charge is 0.371 e. The SMILES string of the molecule is CCCCN(CCCC)c1cc(Cl)ccc1CNC1CC1. The zero-order valence-corrected chi connectivity index (χ0v) is 14.3. The number of nitrogens with zero attached hydrogens (tertiary/aromatic N) is 1. The smallest absolute Gasteiger partial charge is 0.0426 e. The maximum absolute atomic E-state index is 6.26. The van der Waals surface area contributed by atoms with Crippen LogP contribution in [0.25, 0.3) is 0 Å². The first-order valence-corrected chi connectivity index (χ1v) is 8.89. The molecular formula is C18H29ClN2. The Balaban J connectivity index is 2.11. The summed E-state index contributed by atoms with van der Waals surface area (Å²) in [6, 6.07) is 7.11. The third kappa shape index (κ3) is 5.52. The lowest BCUT2D eigenvalue weighted by Gasteiger charge is -2.27. The first-order valence-electron chi connectivity index (χ1n) is 8.51. The van der Waals surface area contributed by atoms with Crippen molar-refractivity contribution < 1.29 is 0 Å². The van der Waals surface area contributed by atoms with E-state index in [1.807, 2.05) is 6.07 Å². The monoisotopic (exact) mass is 308 g/mol. The lowest BCUT2D eigenvalue weighted by atomic mass is 10.1. The van der Waals surface area contributed by atoms with Gasteiger partial charge in [0, 0.05) is 36.4 Å². The molecule has 1 saturated carbocycles. The Kier molecular flexibility index (Phi) is 6.85. The molecule has 1 fully saturated rings. The van der Waals surface area contributed by atoms with E-state index in [-0.39, 0.29) is 0 Å². The maximum atomic E-state index is 6.26. The summed E-state index contributed by atoms with van der Waals surface area (Å²) < 4.78 is 0. The first kappa shape index (κ1) is 16.6. The van der Waals surface area contributed by atoms with Crippen molar-refractivity contribution in [2.45, 2.75) is 65.0 Å². The minimum absolute atomic E-state index is 0.744. The number of rotatable bonds is 10. The van der Waals surface area contributed by atoms with Crippen LogP contribution in [0.15, 0.2) is 18.2 Å². The van der Waals surface area contributed by atoms with Gasteiger partial charge in [0.15, 0.2) is 0 Å². The number of hydrogen-bond donors (Lipinski definition) is 1. The maximum Gasteiger partial charge on any atom is 0.0426 e. The molecule has 118 valence electrons. The standard InChI is InChI=1S/C18H29ClN2/c1-3-5-11-21(12-6-4-2)18-13-16(19)8-7-15(18)14-20-17-9-10-17/h7-8,13,17,20H,3-6,9-12,14H2,1-2H3. The van der Waals surface area contributed by atoms with Crippen molar-refractivity contribution in [1.82, 2.24) is 5.32 Å². The van der Waals surface area contributed by atoms with Crippen LogP contribution in [0.2, 0.25) is 5.02 Å². The Morgan fingerprint density at radius 2 is 1.81 bits per heavy atom. The van der Waals surface area contributed by atoms with Gasteiger partial charge in [-0.1, -0.05) is 44.4 Å². The Morgan fingerprint density at radius 3 is 2.38 bits per heavy atom. The van der Waals surface area contributed by atoms with Crippen LogP contribution in [0.5, 0.6) is 0 Å². The summed E-state index contributed by atoms with van der Waals surface area (Å²) in [6.07, 6.45) is 7.62. The Labute approximate surface area is 134 Å².